The van der Waals surface area contributed by atoms with Crippen molar-refractivity contribution in [2.45, 2.75) is 5.92 Å². The van der Waals surface area contributed by atoms with Crippen LogP contribution in [-0.4, -0.2) is 29.9 Å². The second-order valence-electron chi connectivity index (χ2n) is 15.3. The highest BCUT2D eigenvalue weighted by Gasteiger charge is 2.45. The van der Waals surface area contributed by atoms with Crippen LogP contribution in [0, 0.1) is 0 Å². The third-order valence-electron chi connectivity index (χ3n) is 11.4. The average molecular weight is 817 g/mol. The molecule has 8 heteroatoms. The van der Waals surface area contributed by atoms with Crippen molar-refractivity contribution in [3.8, 4) is 102 Å². The maximum atomic E-state index is 16.9. The van der Waals surface area contributed by atoms with Gasteiger partial charge in [0.1, 0.15) is 0 Å². The summed E-state index contributed by atoms with van der Waals surface area (Å²) in [5.74, 6) is -0.973. The lowest BCUT2D eigenvalue weighted by Gasteiger charge is -2.14. The van der Waals surface area contributed by atoms with E-state index in [0.717, 1.165) is 44.5 Å². The molecule has 0 N–H and O–H groups in total. The Labute approximate surface area is 362 Å². The molecule has 0 radical (unpaired) electrons. The van der Waals surface area contributed by atoms with E-state index in [-0.39, 0.29) is 11.1 Å². The van der Waals surface area contributed by atoms with E-state index in [1.54, 1.807) is 24.3 Å². The molecular formula is C55H34F2N6. The van der Waals surface area contributed by atoms with Crippen LogP contribution in [0.15, 0.2) is 206 Å². The number of fused-ring (bicyclic) bond motifs is 3. The molecular weight excluding hydrogens is 783 g/mol. The molecule has 1 aliphatic rings. The number of halogens is 2. The lowest BCUT2D eigenvalue weighted by Crippen LogP contribution is -2.11. The van der Waals surface area contributed by atoms with Gasteiger partial charge in [-0.3, -0.25) is 0 Å². The summed E-state index contributed by atoms with van der Waals surface area (Å²) in [6.45, 7) is 0. The zero-order chi connectivity index (χ0) is 42.3. The highest BCUT2D eigenvalue weighted by atomic mass is 19.3. The van der Waals surface area contributed by atoms with Gasteiger partial charge in [0.2, 0.25) is 0 Å². The molecule has 0 aliphatic heterocycles. The molecule has 8 aromatic carbocycles. The molecule has 298 valence electrons. The van der Waals surface area contributed by atoms with E-state index in [2.05, 4.69) is 24.3 Å². The Morgan fingerprint density at radius 1 is 0.238 bits per heavy atom. The van der Waals surface area contributed by atoms with Crippen LogP contribution in [0.4, 0.5) is 8.78 Å². The van der Waals surface area contributed by atoms with Crippen molar-refractivity contribution in [2.24, 2.45) is 0 Å². The average Bonchev–Trinajstić information content (AvgIpc) is 3.59. The highest BCUT2D eigenvalue weighted by Crippen LogP contribution is 2.52. The first-order chi connectivity index (χ1) is 30.9. The Morgan fingerprint density at radius 2 is 0.460 bits per heavy atom. The summed E-state index contributed by atoms with van der Waals surface area (Å²) in [6, 6.07) is 65.5. The minimum atomic E-state index is -3.34. The van der Waals surface area contributed by atoms with Gasteiger partial charge in [0.25, 0.3) is 5.92 Å². The van der Waals surface area contributed by atoms with E-state index in [4.69, 9.17) is 29.9 Å². The zero-order valence-corrected chi connectivity index (χ0v) is 33.6. The Bertz CT molecular complexity index is 3050. The molecule has 2 aromatic heterocycles. The maximum Gasteiger partial charge on any atom is 0.299 e. The highest BCUT2D eigenvalue weighted by molar-refractivity contribution is 5.84. The van der Waals surface area contributed by atoms with E-state index < -0.39 is 5.92 Å². The Kier molecular flexibility index (Phi) is 9.31. The predicted octanol–water partition coefficient (Wildman–Crippen LogP) is 13.5. The summed E-state index contributed by atoms with van der Waals surface area (Å²) in [5.41, 5.74) is 8.99. The quantitative estimate of drug-likeness (QED) is 0.152. The summed E-state index contributed by atoms with van der Waals surface area (Å²) < 4.78 is 33.9. The fraction of sp³-hybridized carbons (Fsp3) is 0.0182. The summed E-state index contributed by atoms with van der Waals surface area (Å²) in [4.78, 5) is 29.1. The third-order valence-corrected chi connectivity index (χ3v) is 11.4. The molecule has 1 aliphatic carbocycles. The van der Waals surface area contributed by atoms with Crippen LogP contribution in [0.2, 0.25) is 0 Å². The lowest BCUT2D eigenvalue weighted by molar-refractivity contribution is 0.0481. The van der Waals surface area contributed by atoms with E-state index in [1.165, 1.54) is 12.1 Å². The molecule has 0 spiro atoms. The first-order valence-electron chi connectivity index (χ1n) is 20.6. The van der Waals surface area contributed by atoms with Crippen molar-refractivity contribution < 1.29 is 8.78 Å². The number of hydrogen-bond donors (Lipinski definition) is 0. The molecule has 63 heavy (non-hydrogen) atoms. The third kappa shape index (κ3) is 7.13. The summed E-state index contributed by atoms with van der Waals surface area (Å²) in [6.07, 6.45) is 0. The zero-order valence-electron chi connectivity index (χ0n) is 33.6. The monoisotopic (exact) mass is 816 g/mol. The normalized spacial score (nSPS) is 12.4. The molecule has 11 rings (SSSR count). The van der Waals surface area contributed by atoms with Crippen molar-refractivity contribution in [1.82, 2.24) is 29.9 Å². The van der Waals surface area contributed by atoms with Gasteiger partial charge in [0.05, 0.1) is 0 Å². The van der Waals surface area contributed by atoms with Crippen LogP contribution < -0.4 is 0 Å². The smallest absolute Gasteiger partial charge is 0.208 e. The van der Waals surface area contributed by atoms with Gasteiger partial charge in [-0.2, -0.15) is 8.78 Å². The van der Waals surface area contributed by atoms with E-state index >= 15 is 8.78 Å². The van der Waals surface area contributed by atoms with Gasteiger partial charge in [-0.15, -0.1) is 0 Å². The minimum absolute atomic E-state index is 0.123. The predicted molar refractivity (Wildman–Crippen MR) is 245 cm³/mol. The molecule has 10 aromatic rings. The van der Waals surface area contributed by atoms with Gasteiger partial charge in [0.15, 0.2) is 34.9 Å². The Balaban J connectivity index is 0.965. The van der Waals surface area contributed by atoms with Crippen molar-refractivity contribution in [2.75, 3.05) is 0 Å². The van der Waals surface area contributed by atoms with E-state index in [9.17, 15) is 0 Å². The second-order valence-corrected chi connectivity index (χ2v) is 15.3. The largest absolute Gasteiger partial charge is 0.299 e. The maximum absolute atomic E-state index is 16.9. The first kappa shape index (κ1) is 37.6. The van der Waals surface area contributed by atoms with Gasteiger partial charge in [-0.25, -0.2) is 29.9 Å². The fourth-order valence-corrected chi connectivity index (χ4v) is 8.09. The topological polar surface area (TPSA) is 77.3 Å². The Morgan fingerprint density at radius 3 is 0.778 bits per heavy atom. The van der Waals surface area contributed by atoms with Crippen LogP contribution in [-0.2, 0) is 5.92 Å². The van der Waals surface area contributed by atoms with Gasteiger partial charge >= 0.3 is 0 Å². The molecule has 0 fully saturated rings. The number of aromatic nitrogens is 6. The van der Waals surface area contributed by atoms with Gasteiger partial charge in [0, 0.05) is 44.5 Å². The van der Waals surface area contributed by atoms with Gasteiger partial charge < -0.3 is 0 Å². The molecule has 0 atom stereocenters. The van der Waals surface area contributed by atoms with Gasteiger partial charge in [-0.05, 0) is 45.5 Å². The van der Waals surface area contributed by atoms with Crippen LogP contribution in [0.25, 0.3) is 102 Å². The van der Waals surface area contributed by atoms with Crippen molar-refractivity contribution in [1.29, 1.82) is 0 Å². The van der Waals surface area contributed by atoms with Crippen LogP contribution in [0.3, 0.4) is 0 Å². The summed E-state index contributed by atoms with van der Waals surface area (Å²) in [7, 11) is 0. The molecule has 0 unspecified atom stereocenters. The molecule has 0 saturated carbocycles. The van der Waals surface area contributed by atoms with Crippen molar-refractivity contribution in [3.05, 3.63) is 217 Å². The number of alkyl halides is 2. The molecule has 6 nitrogen and oxygen atoms in total. The fourth-order valence-electron chi connectivity index (χ4n) is 8.09. The van der Waals surface area contributed by atoms with Crippen LogP contribution >= 0.6 is 0 Å². The van der Waals surface area contributed by atoms with E-state index in [1.807, 2.05) is 146 Å². The lowest BCUT2D eigenvalue weighted by atomic mass is 10.0. The number of nitrogens with zero attached hydrogens (tertiary/aromatic N) is 6. The SMILES string of the molecule is FC1(F)c2cc(-c3nc(-c4ccccc4)nc(-c4ccc(-c5ccccc5)cc4)n3)ccc2-c2ccc(-c3nc(-c4ccccc4)nc(-c4ccc(-c5ccccc5)cc4)n3)cc21. The molecule has 0 amide bonds. The first-order valence-corrected chi connectivity index (χ1v) is 20.6. The number of hydrogen-bond acceptors (Lipinski definition) is 6. The van der Waals surface area contributed by atoms with Gasteiger partial charge in [-0.1, -0.05) is 194 Å². The molecule has 0 saturated heterocycles. The molecule has 0 bridgehead atoms. The standard InChI is InChI=1S/C55H34F2N6/c56-55(57)47-33-43(53-60-49(39-17-9-3-10-18-39)58-51(62-53)41-25-21-37(22-26-41)35-13-5-1-6-14-35)29-31-45(47)46-32-30-44(34-48(46)55)54-61-50(40-19-11-4-12-20-40)59-52(63-54)42-27-23-38(24-28-42)36-15-7-2-8-16-36/h1-34H. The minimum Gasteiger partial charge on any atom is -0.208 e. The number of rotatable bonds is 8. The number of benzene rings is 8. The summed E-state index contributed by atoms with van der Waals surface area (Å²) in [5, 5.41) is 0. The van der Waals surface area contributed by atoms with Crippen molar-refractivity contribution in [3.63, 3.8) is 0 Å². The summed E-state index contributed by atoms with van der Waals surface area (Å²) >= 11 is 0. The van der Waals surface area contributed by atoms with Crippen LogP contribution in [0.1, 0.15) is 11.1 Å². The van der Waals surface area contributed by atoms with Crippen LogP contribution in [0.5, 0.6) is 0 Å². The van der Waals surface area contributed by atoms with E-state index in [0.29, 0.717) is 57.2 Å². The Hall–Kier alpha value is -8.36. The molecule has 2 heterocycles. The van der Waals surface area contributed by atoms with Crippen molar-refractivity contribution >= 4 is 0 Å². The second kappa shape index (κ2) is 15.6.